The Morgan fingerprint density at radius 2 is 1.86 bits per heavy atom. The van der Waals surface area contributed by atoms with E-state index in [1.54, 1.807) is 0 Å². The Morgan fingerprint density at radius 1 is 1.21 bits per heavy atom. The summed E-state index contributed by atoms with van der Waals surface area (Å²) in [5.41, 5.74) is -0.0614. The van der Waals surface area contributed by atoms with Gasteiger partial charge in [-0.25, -0.2) is 0 Å². The van der Waals surface area contributed by atoms with E-state index in [-0.39, 0.29) is 5.60 Å². The minimum absolute atomic E-state index is 0.0614. The molecule has 0 aliphatic heterocycles. The first-order chi connectivity index (χ1) is 6.49. The first-order valence-corrected chi connectivity index (χ1v) is 5.39. The van der Waals surface area contributed by atoms with Crippen LogP contribution in [0.2, 0.25) is 0 Å². The first-order valence-electron chi connectivity index (χ1n) is 5.39. The second-order valence-electron chi connectivity index (χ2n) is 4.42. The van der Waals surface area contributed by atoms with Crippen molar-refractivity contribution in [3.8, 4) is 0 Å². The molecule has 3 nitrogen and oxygen atoms in total. The summed E-state index contributed by atoms with van der Waals surface area (Å²) in [4.78, 5) is 0. The highest BCUT2D eigenvalue weighted by molar-refractivity contribution is 4.60. The molecule has 0 fully saturated rings. The molecule has 1 N–H and O–H groups in total. The van der Waals surface area contributed by atoms with Crippen LogP contribution in [0.3, 0.4) is 0 Å². The largest absolute Gasteiger partial charge is 0.375 e. The molecule has 0 saturated heterocycles. The highest BCUT2D eigenvalue weighted by Crippen LogP contribution is 2.06. The Morgan fingerprint density at radius 3 is 2.29 bits per heavy atom. The fourth-order valence-electron chi connectivity index (χ4n) is 1.11. The second kappa shape index (κ2) is 7.21. The van der Waals surface area contributed by atoms with Crippen molar-refractivity contribution in [2.24, 2.45) is 0 Å². The van der Waals surface area contributed by atoms with Gasteiger partial charge in [-0.15, -0.1) is 0 Å². The van der Waals surface area contributed by atoms with Gasteiger partial charge in [-0.2, -0.15) is 0 Å². The Balaban J connectivity index is 3.42. The number of likely N-dealkylation sites (N-methyl/N-ethyl adjacent to an activating group) is 1. The molecule has 0 spiro atoms. The molecule has 0 aliphatic rings. The molecule has 3 heteroatoms. The molecule has 0 aromatic rings. The maximum Gasteiger partial charge on any atom is 0.0707 e. The zero-order chi connectivity index (χ0) is 11.0. The van der Waals surface area contributed by atoms with Gasteiger partial charge in [-0.3, -0.25) is 0 Å². The summed E-state index contributed by atoms with van der Waals surface area (Å²) in [5, 5.41) is 3.11. The molecule has 86 valence electrons. The molecular weight excluding hydrogens is 178 g/mol. The fraction of sp³-hybridized carbons (Fsp3) is 1.00. The average molecular weight is 203 g/mol. The maximum atomic E-state index is 5.64. The van der Waals surface area contributed by atoms with Gasteiger partial charge in [0.2, 0.25) is 0 Å². The minimum Gasteiger partial charge on any atom is -0.375 e. The number of ether oxygens (including phenoxy) is 2. The van der Waals surface area contributed by atoms with Crippen molar-refractivity contribution in [1.29, 1.82) is 0 Å². The Kier molecular flexibility index (Phi) is 7.15. The number of hydrogen-bond acceptors (Lipinski definition) is 3. The van der Waals surface area contributed by atoms with Crippen molar-refractivity contribution in [2.45, 2.75) is 45.8 Å². The van der Waals surface area contributed by atoms with Gasteiger partial charge in [0.05, 0.1) is 24.9 Å². The van der Waals surface area contributed by atoms with Crippen LogP contribution in [0.4, 0.5) is 0 Å². The lowest BCUT2D eigenvalue weighted by atomic mass is 10.2. The lowest BCUT2D eigenvalue weighted by Crippen LogP contribution is -2.28. The van der Waals surface area contributed by atoms with Crippen LogP contribution in [0.25, 0.3) is 0 Å². The van der Waals surface area contributed by atoms with Gasteiger partial charge in [0, 0.05) is 6.54 Å². The van der Waals surface area contributed by atoms with Crippen LogP contribution < -0.4 is 5.32 Å². The summed E-state index contributed by atoms with van der Waals surface area (Å²) >= 11 is 0. The van der Waals surface area contributed by atoms with E-state index in [1.807, 2.05) is 7.05 Å². The van der Waals surface area contributed by atoms with Crippen molar-refractivity contribution in [3.05, 3.63) is 0 Å². The monoisotopic (exact) mass is 203 g/mol. The second-order valence-corrected chi connectivity index (χ2v) is 4.42. The predicted octanol–water partition coefficient (Wildman–Crippen LogP) is 1.82. The molecule has 0 aliphatic carbocycles. The van der Waals surface area contributed by atoms with Crippen molar-refractivity contribution < 1.29 is 9.47 Å². The Bertz CT molecular complexity index is 132. The van der Waals surface area contributed by atoms with Gasteiger partial charge in [0.25, 0.3) is 0 Å². The third kappa shape index (κ3) is 8.48. The maximum absolute atomic E-state index is 5.64. The minimum atomic E-state index is -0.0614. The highest BCUT2D eigenvalue weighted by atomic mass is 16.5. The summed E-state index contributed by atoms with van der Waals surface area (Å²) < 4.78 is 11.2. The van der Waals surface area contributed by atoms with Gasteiger partial charge >= 0.3 is 0 Å². The molecule has 0 heterocycles. The Hall–Kier alpha value is -0.120. The number of nitrogens with one attached hydrogen (secondary N) is 1. The number of hydrogen-bond donors (Lipinski definition) is 1. The zero-order valence-corrected chi connectivity index (χ0v) is 10.2. The molecule has 0 rings (SSSR count). The van der Waals surface area contributed by atoms with Crippen LogP contribution in [0.5, 0.6) is 0 Å². The standard InChI is InChI=1S/C11H25NO2/c1-6-10(9-12-5)13-7-8-14-11(2,3)4/h10,12H,6-9H2,1-5H3. The summed E-state index contributed by atoms with van der Waals surface area (Å²) in [5.74, 6) is 0. The first kappa shape index (κ1) is 13.9. The smallest absolute Gasteiger partial charge is 0.0707 e. The molecule has 0 amide bonds. The van der Waals surface area contributed by atoms with Crippen molar-refractivity contribution >= 4 is 0 Å². The van der Waals surface area contributed by atoms with E-state index in [0.29, 0.717) is 19.3 Å². The van der Waals surface area contributed by atoms with E-state index in [9.17, 15) is 0 Å². The third-order valence-corrected chi connectivity index (χ3v) is 1.86. The third-order valence-electron chi connectivity index (χ3n) is 1.86. The molecule has 0 saturated carbocycles. The van der Waals surface area contributed by atoms with Gasteiger partial charge in [0.1, 0.15) is 0 Å². The molecule has 0 aromatic carbocycles. The van der Waals surface area contributed by atoms with Gasteiger partial charge < -0.3 is 14.8 Å². The van der Waals surface area contributed by atoms with Crippen LogP contribution in [0.1, 0.15) is 34.1 Å². The molecular formula is C11H25NO2. The lowest BCUT2D eigenvalue weighted by Gasteiger charge is -2.21. The predicted molar refractivity (Wildman–Crippen MR) is 59.7 cm³/mol. The average Bonchev–Trinajstić information content (AvgIpc) is 2.08. The highest BCUT2D eigenvalue weighted by Gasteiger charge is 2.10. The summed E-state index contributed by atoms with van der Waals surface area (Å²) in [7, 11) is 1.94. The molecule has 14 heavy (non-hydrogen) atoms. The van der Waals surface area contributed by atoms with Crippen LogP contribution >= 0.6 is 0 Å². The van der Waals surface area contributed by atoms with Crippen LogP contribution in [0, 0.1) is 0 Å². The molecule has 1 atom stereocenters. The summed E-state index contributed by atoms with van der Waals surface area (Å²) in [6, 6.07) is 0. The van der Waals surface area contributed by atoms with Crippen LogP contribution in [-0.2, 0) is 9.47 Å². The molecule has 0 aromatic heterocycles. The van der Waals surface area contributed by atoms with E-state index in [1.165, 1.54) is 0 Å². The van der Waals surface area contributed by atoms with E-state index < -0.39 is 0 Å². The van der Waals surface area contributed by atoms with Crippen molar-refractivity contribution in [1.82, 2.24) is 5.32 Å². The van der Waals surface area contributed by atoms with Gasteiger partial charge in [0.15, 0.2) is 0 Å². The zero-order valence-electron chi connectivity index (χ0n) is 10.2. The SMILES string of the molecule is CCC(CNC)OCCOC(C)(C)C. The van der Waals surface area contributed by atoms with E-state index in [2.05, 4.69) is 33.0 Å². The fourth-order valence-corrected chi connectivity index (χ4v) is 1.11. The summed E-state index contributed by atoms with van der Waals surface area (Å²) in [6.07, 6.45) is 1.35. The van der Waals surface area contributed by atoms with E-state index in [4.69, 9.17) is 9.47 Å². The quantitative estimate of drug-likeness (QED) is 0.640. The Labute approximate surface area is 88.2 Å². The van der Waals surface area contributed by atoms with Crippen LogP contribution in [0.15, 0.2) is 0 Å². The van der Waals surface area contributed by atoms with Crippen LogP contribution in [-0.4, -0.2) is 38.5 Å². The van der Waals surface area contributed by atoms with Crippen molar-refractivity contribution in [3.63, 3.8) is 0 Å². The van der Waals surface area contributed by atoms with E-state index in [0.717, 1.165) is 13.0 Å². The lowest BCUT2D eigenvalue weighted by molar-refractivity contribution is -0.0513. The van der Waals surface area contributed by atoms with Gasteiger partial charge in [-0.05, 0) is 34.2 Å². The van der Waals surface area contributed by atoms with E-state index >= 15 is 0 Å². The van der Waals surface area contributed by atoms with Crippen molar-refractivity contribution in [2.75, 3.05) is 26.8 Å². The molecule has 0 bridgehead atoms. The summed E-state index contributed by atoms with van der Waals surface area (Å²) in [6.45, 7) is 10.5. The molecule has 1 unspecified atom stereocenters. The topological polar surface area (TPSA) is 30.5 Å². The molecule has 0 radical (unpaired) electrons. The van der Waals surface area contributed by atoms with Gasteiger partial charge in [-0.1, -0.05) is 6.92 Å². The number of rotatable bonds is 7. The normalized spacial score (nSPS) is 14.4.